The Morgan fingerprint density at radius 2 is 2.33 bits per heavy atom. The van der Waals surface area contributed by atoms with Crippen LogP contribution in [0.1, 0.15) is 6.42 Å². The highest BCUT2D eigenvalue weighted by Crippen LogP contribution is 2.13. The normalized spacial score (nSPS) is 26.2. The molecule has 0 aromatic carbocycles. The quantitative estimate of drug-likeness (QED) is 0.631. The Hall–Kier alpha value is -0.260. The first kappa shape index (κ1) is 8.34. The van der Waals surface area contributed by atoms with Gasteiger partial charge < -0.3 is 5.32 Å². The fourth-order valence-electron chi connectivity index (χ4n) is 1.44. The van der Waals surface area contributed by atoms with Crippen molar-refractivity contribution in [1.29, 1.82) is 0 Å². The van der Waals surface area contributed by atoms with Gasteiger partial charge in [-0.15, -0.1) is 0 Å². The van der Waals surface area contributed by atoms with Gasteiger partial charge in [0, 0.05) is 19.6 Å². The lowest BCUT2D eigenvalue weighted by atomic mass is 10.4. The van der Waals surface area contributed by atoms with E-state index in [2.05, 4.69) is 20.5 Å². The van der Waals surface area contributed by atoms with Gasteiger partial charge in [-0.05, 0) is 13.0 Å². The van der Waals surface area contributed by atoms with Gasteiger partial charge in [0.2, 0.25) is 0 Å². The van der Waals surface area contributed by atoms with Crippen molar-refractivity contribution in [3.63, 3.8) is 0 Å². The van der Waals surface area contributed by atoms with Crippen LogP contribution in [0.15, 0.2) is 5.10 Å². The summed E-state index contributed by atoms with van der Waals surface area (Å²) >= 11 is 1.75. The van der Waals surface area contributed by atoms with E-state index in [1.54, 1.807) is 11.8 Å². The Morgan fingerprint density at radius 1 is 1.33 bits per heavy atom. The van der Waals surface area contributed by atoms with Gasteiger partial charge >= 0.3 is 0 Å². The molecule has 0 spiro atoms. The van der Waals surface area contributed by atoms with Crippen LogP contribution >= 0.6 is 11.8 Å². The van der Waals surface area contributed by atoms with E-state index in [9.17, 15) is 0 Å². The number of hydrazine groups is 1. The van der Waals surface area contributed by atoms with E-state index >= 15 is 0 Å². The molecule has 5 heteroatoms. The largest absolute Gasteiger partial charge is 0.315 e. The molecule has 1 saturated heterocycles. The highest BCUT2D eigenvalue weighted by molar-refractivity contribution is 8.12. The predicted molar refractivity (Wildman–Crippen MR) is 51.8 cm³/mol. The van der Waals surface area contributed by atoms with Crippen molar-refractivity contribution in [1.82, 2.24) is 15.4 Å². The molecule has 1 N–H and O–H groups in total. The molecule has 0 unspecified atom stereocenters. The maximum absolute atomic E-state index is 4.27. The summed E-state index contributed by atoms with van der Waals surface area (Å²) in [6.45, 7) is 4.43. The Kier molecular flexibility index (Phi) is 2.86. The summed E-state index contributed by atoms with van der Waals surface area (Å²) < 4.78 is 0. The molecule has 0 aromatic heterocycles. The summed E-state index contributed by atoms with van der Waals surface area (Å²) in [6.07, 6.45) is 1.22. The number of rotatable bonds is 1. The van der Waals surface area contributed by atoms with Crippen molar-refractivity contribution >= 4 is 17.3 Å². The molecule has 2 aliphatic heterocycles. The van der Waals surface area contributed by atoms with E-state index in [4.69, 9.17) is 0 Å². The van der Waals surface area contributed by atoms with Crippen LogP contribution in [0.4, 0.5) is 0 Å². The molecule has 68 valence electrons. The molecule has 0 radical (unpaired) electrons. The number of nitrogens with one attached hydrogen (secondary N) is 1. The Balaban J connectivity index is 1.87. The summed E-state index contributed by atoms with van der Waals surface area (Å²) in [7, 11) is 0. The van der Waals surface area contributed by atoms with Gasteiger partial charge in [-0.25, -0.2) is 10.1 Å². The van der Waals surface area contributed by atoms with Crippen molar-refractivity contribution in [2.24, 2.45) is 5.10 Å². The summed E-state index contributed by atoms with van der Waals surface area (Å²) in [5.41, 5.74) is 1.92. The lowest BCUT2D eigenvalue weighted by molar-refractivity contribution is 0.00500. The van der Waals surface area contributed by atoms with Crippen LogP contribution in [0.2, 0.25) is 0 Å². The molecule has 0 bridgehead atoms. The van der Waals surface area contributed by atoms with Crippen LogP contribution < -0.4 is 5.32 Å². The SMILES string of the molecule is C1=NN(N2CCCNCC2)CS1. The maximum atomic E-state index is 4.27. The van der Waals surface area contributed by atoms with Gasteiger partial charge in [-0.2, -0.15) is 5.10 Å². The van der Waals surface area contributed by atoms with Crippen LogP contribution in [0.5, 0.6) is 0 Å². The summed E-state index contributed by atoms with van der Waals surface area (Å²) in [6, 6.07) is 0. The lowest BCUT2D eigenvalue weighted by Crippen LogP contribution is -2.39. The van der Waals surface area contributed by atoms with Gasteiger partial charge in [-0.1, -0.05) is 11.8 Å². The zero-order valence-electron chi connectivity index (χ0n) is 7.07. The molecular formula is C7H14N4S. The average molecular weight is 186 g/mol. The summed E-state index contributed by atoms with van der Waals surface area (Å²) in [5, 5.41) is 12.0. The van der Waals surface area contributed by atoms with Crippen molar-refractivity contribution in [3.8, 4) is 0 Å². The van der Waals surface area contributed by atoms with Crippen molar-refractivity contribution in [2.75, 3.05) is 32.1 Å². The second-order valence-corrected chi connectivity index (χ2v) is 3.75. The van der Waals surface area contributed by atoms with E-state index in [0.29, 0.717) is 0 Å². The van der Waals surface area contributed by atoms with Crippen LogP contribution in [-0.2, 0) is 0 Å². The monoisotopic (exact) mass is 186 g/mol. The third kappa shape index (κ3) is 1.91. The van der Waals surface area contributed by atoms with Gasteiger partial charge in [0.05, 0.1) is 5.55 Å². The molecular weight excluding hydrogens is 172 g/mol. The minimum atomic E-state index is 0.986. The number of hydrogen-bond donors (Lipinski definition) is 1. The number of nitrogens with zero attached hydrogens (tertiary/aromatic N) is 3. The molecule has 1 fully saturated rings. The first-order valence-corrected chi connectivity index (χ1v) is 5.39. The van der Waals surface area contributed by atoms with Crippen LogP contribution in [0, 0.1) is 0 Å². The minimum Gasteiger partial charge on any atom is -0.315 e. The number of hydrazone groups is 1. The fraction of sp³-hybridized carbons (Fsp3) is 0.857. The van der Waals surface area contributed by atoms with Crippen LogP contribution in [0.3, 0.4) is 0 Å². The smallest absolute Gasteiger partial charge is 0.104 e. The Labute approximate surface area is 76.9 Å². The topological polar surface area (TPSA) is 30.9 Å². The van der Waals surface area contributed by atoms with E-state index in [1.807, 2.05) is 5.55 Å². The molecule has 0 saturated carbocycles. The van der Waals surface area contributed by atoms with Gasteiger partial charge in [-0.3, -0.25) is 0 Å². The zero-order chi connectivity index (χ0) is 8.23. The minimum absolute atomic E-state index is 0.986. The van der Waals surface area contributed by atoms with Crippen LogP contribution in [-0.4, -0.2) is 47.7 Å². The predicted octanol–water partition coefficient (Wildman–Crippen LogP) is 0.146. The second kappa shape index (κ2) is 4.11. The lowest BCUT2D eigenvalue weighted by Gasteiger charge is -2.27. The van der Waals surface area contributed by atoms with E-state index < -0.39 is 0 Å². The number of thioether (sulfide) groups is 1. The van der Waals surface area contributed by atoms with Crippen molar-refractivity contribution in [3.05, 3.63) is 0 Å². The highest BCUT2D eigenvalue weighted by atomic mass is 32.2. The van der Waals surface area contributed by atoms with Gasteiger partial charge in [0.1, 0.15) is 5.88 Å². The first-order chi connectivity index (χ1) is 5.97. The molecule has 0 aromatic rings. The van der Waals surface area contributed by atoms with E-state index in [0.717, 1.165) is 32.1 Å². The molecule has 12 heavy (non-hydrogen) atoms. The van der Waals surface area contributed by atoms with E-state index in [-0.39, 0.29) is 0 Å². The van der Waals surface area contributed by atoms with Crippen molar-refractivity contribution < 1.29 is 0 Å². The average Bonchev–Trinajstić information content (AvgIpc) is 2.48. The van der Waals surface area contributed by atoms with Crippen LogP contribution in [0.25, 0.3) is 0 Å². The molecule has 0 amide bonds. The first-order valence-electron chi connectivity index (χ1n) is 4.34. The Morgan fingerprint density at radius 3 is 3.17 bits per heavy atom. The standard InChI is InChI=1S/C7H14N4S/c1-2-8-3-5-10(4-1)11-7-12-6-9-11/h6,8H,1-5,7H2. The van der Waals surface area contributed by atoms with E-state index in [1.165, 1.54) is 6.42 Å². The Bertz CT molecular complexity index is 165. The summed E-state index contributed by atoms with van der Waals surface area (Å²) in [5.74, 6) is 0.986. The van der Waals surface area contributed by atoms with Gasteiger partial charge in [0.25, 0.3) is 0 Å². The fourth-order valence-corrected chi connectivity index (χ4v) is 2.04. The molecule has 2 aliphatic rings. The second-order valence-electron chi connectivity index (χ2n) is 2.95. The molecule has 0 aliphatic carbocycles. The maximum Gasteiger partial charge on any atom is 0.104 e. The molecule has 0 atom stereocenters. The van der Waals surface area contributed by atoms with Gasteiger partial charge in [0.15, 0.2) is 0 Å². The molecule has 2 rings (SSSR count). The zero-order valence-corrected chi connectivity index (χ0v) is 7.89. The third-order valence-electron chi connectivity index (χ3n) is 2.09. The van der Waals surface area contributed by atoms with Crippen molar-refractivity contribution in [2.45, 2.75) is 6.42 Å². The molecule has 4 nitrogen and oxygen atoms in total. The number of hydrogen-bond acceptors (Lipinski definition) is 5. The highest BCUT2D eigenvalue weighted by Gasteiger charge is 2.16. The summed E-state index contributed by atoms with van der Waals surface area (Å²) in [4.78, 5) is 0. The third-order valence-corrected chi connectivity index (χ3v) is 2.71. The molecule has 2 heterocycles.